The molecule has 1 amide bonds. The molecule has 0 fully saturated rings. The first-order valence-electron chi connectivity index (χ1n) is 4.42. The van der Waals surface area contributed by atoms with Gasteiger partial charge in [-0.05, 0) is 0 Å². The van der Waals surface area contributed by atoms with Gasteiger partial charge in [-0.3, -0.25) is 0 Å². The maximum Gasteiger partial charge on any atom is 0.422 e. The lowest BCUT2D eigenvalue weighted by Gasteiger charge is -2.12. The molecule has 0 rings (SSSR count). The summed E-state index contributed by atoms with van der Waals surface area (Å²) in [5.41, 5.74) is 0. The third-order valence-corrected chi connectivity index (χ3v) is 3.39. The van der Waals surface area contributed by atoms with Crippen LogP contribution in [0.5, 0.6) is 0 Å². The summed E-state index contributed by atoms with van der Waals surface area (Å²) in [5, 5.41) is 1.90. The van der Waals surface area contributed by atoms with Crippen molar-refractivity contribution in [2.75, 3.05) is 33.0 Å². The summed E-state index contributed by atoms with van der Waals surface area (Å²) in [4.78, 5) is 10.7. The minimum absolute atomic E-state index is 0.322. The van der Waals surface area contributed by atoms with Gasteiger partial charge in [0.15, 0.2) is 6.61 Å². The molecule has 0 spiro atoms. The quantitative estimate of drug-likeness (QED) is 0.777. The van der Waals surface area contributed by atoms with Crippen molar-refractivity contribution in [3.05, 3.63) is 0 Å². The highest BCUT2D eigenvalue weighted by Crippen LogP contribution is 2.14. The lowest BCUT2D eigenvalue weighted by atomic mass is 10.7. The lowest BCUT2D eigenvalue weighted by Crippen LogP contribution is -2.35. The Labute approximate surface area is 96.8 Å². The van der Waals surface area contributed by atoms with E-state index in [-0.39, 0.29) is 6.54 Å². The van der Waals surface area contributed by atoms with Gasteiger partial charge >= 0.3 is 12.3 Å². The zero-order valence-electron chi connectivity index (χ0n) is 9.24. The van der Waals surface area contributed by atoms with E-state index in [2.05, 4.69) is 4.74 Å². The molecular formula is C7H13F3N2O4S. The molecule has 0 heterocycles. The van der Waals surface area contributed by atoms with Crippen molar-refractivity contribution in [2.24, 2.45) is 0 Å². The Morgan fingerprint density at radius 3 is 2.29 bits per heavy atom. The van der Waals surface area contributed by atoms with Gasteiger partial charge in [0, 0.05) is 20.6 Å². The molecule has 0 aliphatic rings. The minimum Gasteiger partial charge on any atom is -0.440 e. The molecule has 0 saturated heterocycles. The molecule has 17 heavy (non-hydrogen) atoms. The van der Waals surface area contributed by atoms with E-state index in [1.807, 2.05) is 5.32 Å². The van der Waals surface area contributed by atoms with E-state index in [0.717, 1.165) is 4.31 Å². The zero-order valence-corrected chi connectivity index (χ0v) is 10.1. The number of carbonyl (C=O) groups excluding carboxylic acids is 1. The van der Waals surface area contributed by atoms with Crippen LogP contribution >= 0.6 is 0 Å². The second-order valence-corrected chi connectivity index (χ2v) is 5.52. The van der Waals surface area contributed by atoms with E-state index in [4.69, 9.17) is 0 Å². The van der Waals surface area contributed by atoms with Crippen LogP contribution in [0, 0.1) is 0 Å². The summed E-state index contributed by atoms with van der Waals surface area (Å²) in [5.74, 6) is -0.416. The first kappa shape index (κ1) is 16.0. The summed E-state index contributed by atoms with van der Waals surface area (Å²) < 4.78 is 62.0. The fourth-order valence-electron chi connectivity index (χ4n) is 0.663. The predicted molar refractivity (Wildman–Crippen MR) is 52.9 cm³/mol. The maximum atomic E-state index is 11.6. The Morgan fingerprint density at radius 2 is 1.88 bits per heavy atom. The van der Waals surface area contributed by atoms with E-state index in [0.29, 0.717) is 0 Å². The highest BCUT2D eigenvalue weighted by molar-refractivity contribution is 7.89. The van der Waals surface area contributed by atoms with Gasteiger partial charge in [-0.2, -0.15) is 13.2 Å². The van der Waals surface area contributed by atoms with Gasteiger partial charge in [-0.15, -0.1) is 0 Å². The van der Waals surface area contributed by atoms with Crippen LogP contribution in [0.3, 0.4) is 0 Å². The summed E-state index contributed by atoms with van der Waals surface area (Å²) in [6.07, 6.45) is -5.91. The molecule has 0 aliphatic carbocycles. The van der Waals surface area contributed by atoms with E-state index in [1.54, 1.807) is 0 Å². The standard InChI is InChI=1S/C7H13F3N2O4S/c1-12(2)17(14,15)4-3-11-6(13)16-5-7(8,9)10/h3-5H2,1-2H3,(H,11,13). The number of nitrogens with one attached hydrogen (secondary N) is 1. The average Bonchev–Trinajstić information content (AvgIpc) is 2.13. The topological polar surface area (TPSA) is 75.7 Å². The zero-order chi connectivity index (χ0) is 13.7. The first-order chi connectivity index (χ1) is 7.54. The predicted octanol–water partition coefficient (Wildman–Crippen LogP) is 0.166. The second kappa shape index (κ2) is 6.05. The van der Waals surface area contributed by atoms with E-state index in [1.165, 1.54) is 14.1 Å². The van der Waals surface area contributed by atoms with Crippen molar-refractivity contribution in [1.82, 2.24) is 9.62 Å². The van der Waals surface area contributed by atoms with Gasteiger partial charge in [-0.1, -0.05) is 0 Å². The summed E-state index contributed by atoms with van der Waals surface area (Å²) >= 11 is 0. The molecule has 0 unspecified atom stereocenters. The molecule has 0 aromatic carbocycles. The Kier molecular flexibility index (Phi) is 5.69. The molecule has 1 N–H and O–H groups in total. The molecule has 6 nitrogen and oxygen atoms in total. The number of ether oxygens (including phenoxy) is 1. The molecule has 10 heteroatoms. The molecule has 0 aliphatic heterocycles. The van der Waals surface area contributed by atoms with E-state index >= 15 is 0 Å². The Hall–Kier alpha value is -1.03. The monoisotopic (exact) mass is 278 g/mol. The molecule has 0 bridgehead atoms. The highest BCUT2D eigenvalue weighted by atomic mass is 32.2. The Morgan fingerprint density at radius 1 is 1.35 bits per heavy atom. The molecular weight excluding hydrogens is 265 g/mol. The Bertz CT molecular complexity index is 353. The van der Waals surface area contributed by atoms with Crippen LogP contribution < -0.4 is 5.32 Å². The number of halogens is 3. The Balaban J connectivity index is 3.88. The van der Waals surface area contributed by atoms with Crippen LogP contribution in [-0.4, -0.2) is 58.0 Å². The van der Waals surface area contributed by atoms with Crippen molar-refractivity contribution >= 4 is 16.1 Å². The van der Waals surface area contributed by atoms with Gasteiger partial charge in [0.1, 0.15) is 0 Å². The van der Waals surface area contributed by atoms with E-state index < -0.39 is 34.7 Å². The summed E-state index contributed by atoms with van der Waals surface area (Å²) in [7, 11) is -0.891. The van der Waals surface area contributed by atoms with Crippen LogP contribution in [-0.2, 0) is 14.8 Å². The van der Waals surface area contributed by atoms with E-state index in [9.17, 15) is 26.4 Å². The van der Waals surface area contributed by atoms with Gasteiger partial charge in [-0.25, -0.2) is 17.5 Å². The molecule has 0 aromatic rings. The van der Waals surface area contributed by atoms with Gasteiger partial charge in [0.2, 0.25) is 10.0 Å². The normalized spacial score (nSPS) is 12.6. The molecule has 102 valence electrons. The van der Waals surface area contributed by atoms with Crippen LogP contribution in [0.25, 0.3) is 0 Å². The molecule has 0 saturated carbocycles. The number of sulfonamides is 1. The van der Waals surface area contributed by atoms with Gasteiger partial charge < -0.3 is 10.1 Å². The first-order valence-corrected chi connectivity index (χ1v) is 6.03. The average molecular weight is 278 g/mol. The second-order valence-electron chi connectivity index (χ2n) is 3.22. The largest absolute Gasteiger partial charge is 0.440 e. The van der Waals surface area contributed by atoms with Crippen molar-refractivity contribution < 1.29 is 31.1 Å². The molecule has 0 atom stereocenters. The van der Waals surface area contributed by atoms with Gasteiger partial charge in [0.25, 0.3) is 0 Å². The fourth-order valence-corrected chi connectivity index (χ4v) is 1.39. The third kappa shape index (κ3) is 7.80. The van der Waals surface area contributed by atoms with Crippen molar-refractivity contribution in [3.63, 3.8) is 0 Å². The number of rotatable bonds is 5. The summed E-state index contributed by atoms with van der Waals surface area (Å²) in [6.45, 7) is -2.03. The number of amides is 1. The number of alkyl carbamates (subject to hydrolysis) is 1. The number of hydrogen-bond acceptors (Lipinski definition) is 4. The highest BCUT2D eigenvalue weighted by Gasteiger charge is 2.29. The molecule has 0 aromatic heterocycles. The fraction of sp³-hybridized carbons (Fsp3) is 0.857. The minimum atomic E-state index is -4.60. The van der Waals surface area contributed by atoms with Crippen LogP contribution in [0.4, 0.5) is 18.0 Å². The number of nitrogens with zero attached hydrogens (tertiary/aromatic N) is 1. The number of hydrogen-bond donors (Lipinski definition) is 1. The third-order valence-electron chi connectivity index (χ3n) is 1.55. The number of carbonyl (C=O) groups is 1. The lowest BCUT2D eigenvalue weighted by molar-refractivity contribution is -0.160. The van der Waals surface area contributed by atoms with Crippen LogP contribution in [0.15, 0.2) is 0 Å². The van der Waals surface area contributed by atoms with Crippen molar-refractivity contribution in [3.8, 4) is 0 Å². The summed E-state index contributed by atoms with van der Waals surface area (Å²) in [6, 6.07) is 0. The van der Waals surface area contributed by atoms with Gasteiger partial charge in [0.05, 0.1) is 5.75 Å². The smallest absolute Gasteiger partial charge is 0.422 e. The van der Waals surface area contributed by atoms with Crippen LogP contribution in [0.2, 0.25) is 0 Å². The SMILES string of the molecule is CN(C)S(=O)(=O)CCNC(=O)OCC(F)(F)F. The number of alkyl halides is 3. The maximum absolute atomic E-state index is 11.6. The van der Waals surface area contributed by atoms with Crippen molar-refractivity contribution in [2.45, 2.75) is 6.18 Å². The molecule has 0 radical (unpaired) electrons. The van der Waals surface area contributed by atoms with Crippen molar-refractivity contribution in [1.29, 1.82) is 0 Å². The van der Waals surface area contributed by atoms with Crippen LogP contribution in [0.1, 0.15) is 0 Å².